The monoisotopic (exact) mass is 362 g/mol. The quantitative estimate of drug-likeness (QED) is 0.728. The van der Waals surface area contributed by atoms with Crippen LogP contribution in [0.25, 0.3) is 10.6 Å². The fraction of sp³-hybridized carbons (Fsp3) is 0.250. The molecule has 124 valence electrons. The van der Waals surface area contributed by atoms with Gasteiger partial charge in [0, 0.05) is 35.9 Å². The van der Waals surface area contributed by atoms with Crippen molar-refractivity contribution in [3.63, 3.8) is 0 Å². The Balaban J connectivity index is 1.48. The SMILES string of the molecule is Cc1nc(CC(=O)NCCc2csc(-c3ccc(Cl)cc3)n2)no1. The van der Waals surface area contributed by atoms with Crippen LogP contribution in [0.5, 0.6) is 0 Å². The number of carbonyl (C=O) groups is 1. The molecule has 1 N–H and O–H groups in total. The predicted octanol–water partition coefficient (Wildman–Crippen LogP) is 3.06. The highest BCUT2D eigenvalue weighted by Gasteiger charge is 2.09. The van der Waals surface area contributed by atoms with Crippen LogP contribution in [0.2, 0.25) is 5.02 Å². The van der Waals surface area contributed by atoms with E-state index in [9.17, 15) is 4.79 Å². The Hall–Kier alpha value is -2.25. The first kappa shape index (κ1) is 16.6. The Labute approximate surface area is 147 Å². The second-order valence-electron chi connectivity index (χ2n) is 5.16. The molecule has 0 aliphatic carbocycles. The van der Waals surface area contributed by atoms with Crippen LogP contribution < -0.4 is 5.32 Å². The van der Waals surface area contributed by atoms with Gasteiger partial charge in [0.05, 0.1) is 12.1 Å². The molecule has 2 aromatic heterocycles. The number of rotatable bonds is 6. The van der Waals surface area contributed by atoms with E-state index in [2.05, 4.69) is 20.4 Å². The molecule has 3 rings (SSSR count). The van der Waals surface area contributed by atoms with E-state index in [-0.39, 0.29) is 12.3 Å². The maximum atomic E-state index is 11.8. The van der Waals surface area contributed by atoms with Gasteiger partial charge in [-0.3, -0.25) is 4.79 Å². The topological polar surface area (TPSA) is 80.9 Å². The molecule has 3 aromatic rings. The molecule has 1 amide bonds. The van der Waals surface area contributed by atoms with Gasteiger partial charge in [0.25, 0.3) is 0 Å². The van der Waals surface area contributed by atoms with Gasteiger partial charge >= 0.3 is 0 Å². The summed E-state index contributed by atoms with van der Waals surface area (Å²) in [4.78, 5) is 20.4. The number of halogens is 1. The highest BCUT2D eigenvalue weighted by Crippen LogP contribution is 2.25. The van der Waals surface area contributed by atoms with Crippen molar-refractivity contribution in [1.29, 1.82) is 0 Å². The van der Waals surface area contributed by atoms with Crippen molar-refractivity contribution in [2.24, 2.45) is 0 Å². The van der Waals surface area contributed by atoms with Crippen LogP contribution >= 0.6 is 22.9 Å². The molecule has 0 fully saturated rings. The third-order valence-corrected chi connectivity index (χ3v) is 4.43. The first-order valence-corrected chi connectivity index (χ1v) is 8.62. The van der Waals surface area contributed by atoms with Crippen LogP contribution in [0.3, 0.4) is 0 Å². The molecule has 8 heteroatoms. The number of benzene rings is 1. The number of hydrogen-bond donors (Lipinski definition) is 1. The van der Waals surface area contributed by atoms with Crippen molar-refractivity contribution in [3.8, 4) is 10.6 Å². The molecule has 0 aliphatic rings. The number of aromatic nitrogens is 3. The van der Waals surface area contributed by atoms with Gasteiger partial charge in [-0.15, -0.1) is 11.3 Å². The van der Waals surface area contributed by atoms with Crippen LogP contribution in [0.15, 0.2) is 34.2 Å². The first-order valence-electron chi connectivity index (χ1n) is 7.36. The highest BCUT2D eigenvalue weighted by molar-refractivity contribution is 7.13. The molecule has 0 radical (unpaired) electrons. The van der Waals surface area contributed by atoms with Crippen LogP contribution in [0.4, 0.5) is 0 Å². The summed E-state index contributed by atoms with van der Waals surface area (Å²) in [6.45, 7) is 2.20. The zero-order chi connectivity index (χ0) is 16.9. The number of nitrogens with zero attached hydrogens (tertiary/aromatic N) is 3. The molecule has 24 heavy (non-hydrogen) atoms. The Kier molecular flexibility index (Phi) is 5.22. The number of aryl methyl sites for hydroxylation is 1. The maximum Gasteiger partial charge on any atom is 0.227 e. The number of hydrogen-bond acceptors (Lipinski definition) is 6. The molecule has 6 nitrogen and oxygen atoms in total. The van der Waals surface area contributed by atoms with Crippen LogP contribution in [-0.2, 0) is 17.6 Å². The molecule has 0 spiro atoms. The minimum Gasteiger partial charge on any atom is -0.355 e. The van der Waals surface area contributed by atoms with E-state index in [1.165, 1.54) is 0 Å². The normalized spacial score (nSPS) is 10.8. The summed E-state index contributed by atoms with van der Waals surface area (Å²) in [7, 11) is 0. The van der Waals surface area contributed by atoms with Crippen molar-refractivity contribution >= 4 is 28.8 Å². The summed E-state index contributed by atoms with van der Waals surface area (Å²) in [5, 5.41) is 10.2. The molecule has 0 aliphatic heterocycles. The van der Waals surface area contributed by atoms with Gasteiger partial charge in [-0.05, 0) is 12.1 Å². The molecule has 1 aromatic carbocycles. The van der Waals surface area contributed by atoms with E-state index < -0.39 is 0 Å². The van der Waals surface area contributed by atoms with Gasteiger partial charge in [-0.2, -0.15) is 4.98 Å². The summed E-state index contributed by atoms with van der Waals surface area (Å²) in [5.41, 5.74) is 1.98. The van der Waals surface area contributed by atoms with Gasteiger partial charge in [0.1, 0.15) is 5.01 Å². The first-order chi connectivity index (χ1) is 11.6. The molecule has 0 saturated carbocycles. The fourth-order valence-electron chi connectivity index (χ4n) is 2.10. The lowest BCUT2D eigenvalue weighted by atomic mass is 10.2. The van der Waals surface area contributed by atoms with E-state index in [4.69, 9.17) is 16.1 Å². The zero-order valence-corrected chi connectivity index (χ0v) is 14.5. The van der Waals surface area contributed by atoms with Gasteiger partial charge < -0.3 is 9.84 Å². The van der Waals surface area contributed by atoms with Gasteiger partial charge in [0.15, 0.2) is 5.82 Å². The van der Waals surface area contributed by atoms with Crippen molar-refractivity contribution in [2.75, 3.05) is 6.54 Å². The highest BCUT2D eigenvalue weighted by atomic mass is 35.5. The molecule has 0 unspecified atom stereocenters. The largest absolute Gasteiger partial charge is 0.355 e. The van der Waals surface area contributed by atoms with E-state index in [0.717, 1.165) is 16.3 Å². The smallest absolute Gasteiger partial charge is 0.227 e. The fourth-order valence-corrected chi connectivity index (χ4v) is 3.08. The standard InChI is InChI=1S/C16H15ClN4O2S/c1-10-19-14(21-23-10)8-15(22)18-7-6-13-9-24-16(20-13)11-2-4-12(17)5-3-11/h2-5,9H,6-8H2,1H3,(H,18,22). The number of carbonyl (C=O) groups excluding carboxylic acids is 1. The molecule has 0 bridgehead atoms. The number of nitrogens with one attached hydrogen (secondary N) is 1. The van der Waals surface area contributed by atoms with Crippen molar-refractivity contribution < 1.29 is 9.32 Å². The minimum absolute atomic E-state index is 0.116. The number of thiazole rings is 1. The second-order valence-corrected chi connectivity index (χ2v) is 6.45. The summed E-state index contributed by atoms with van der Waals surface area (Å²) in [6, 6.07) is 7.58. The maximum absolute atomic E-state index is 11.8. The van der Waals surface area contributed by atoms with Crippen LogP contribution in [0, 0.1) is 6.92 Å². The van der Waals surface area contributed by atoms with E-state index >= 15 is 0 Å². The number of amides is 1. The summed E-state index contributed by atoms with van der Waals surface area (Å²) < 4.78 is 4.83. The van der Waals surface area contributed by atoms with Crippen molar-refractivity contribution in [2.45, 2.75) is 19.8 Å². The van der Waals surface area contributed by atoms with E-state index in [1.807, 2.05) is 29.6 Å². The van der Waals surface area contributed by atoms with Gasteiger partial charge in [-0.25, -0.2) is 4.98 Å². The minimum atomic E-state index is -0.135. The lowest BCUT2D eigenvalue weighted by molar-refractivity contribution is -0.120. The Bertz CT molecular complexity index is 829. The Morgan fingerprint density at radius 1 is 1.29 bits per heavy atom. The second kappa shape index (κ2) is 7.55. The predicted molar refractivity (Wildman–Crippen MR) is 92.0 cm³/mol. The van der Waals surface area contributed by atoms with Gasteiger partial charge in [0.2, 0.25) is 11.8 Å². The van der Waals surface area contributed by atoms with E-state index in [1.54, 1.807) is 18.3 Å². The summed E-state index contributed by atoms with van der Waals surface area (Å²) in [5.74, 6) is 0.711. The van der Waals surface area contributed by atoms with Crippen LogP contribution in [-0.4, -0.2) is 27.6 Å². The average Bonchev–Trinajstić information content (AvgIpc) is 3.17. The van der Waals surface area contributed by atoms with Crippen molar-refractivity contribution in [1.82, 2.24) is 20.4 Å². The Morgan fingerprint density at radius 2 is 2.08 bits per heavy atom. The third-order valence-electron chi connectivity index (χ3n) is 3.23. The lowest BCUT2D eigenvalue weighted by Gasteiger charge is -2.01. The molecule has 0 atom stereocenters. The third kappa shape index (κ3) is 4.39. The van der Waals surface area contributed by atoms with Gasteiger partial charge in [-0.1, -0.05) is 28.9 Å². The molecule has 0 saturated heterocycles. The molecular weight excluding hydrogens is 348 g/mol. The lowest BCUT2D eigenvalue weighted by Crippen LogP contribution is -2.27. The van der Waals surface area contributed by atoms with Crippen molar-refractivity contribution in [3.05, 3.63) is 52.1 Å². The zero-order valence-electron chi connectivity index (χ0n) is 13.0. The Morgan fingerprint density at radius 3 is 2.79 bits per heavy atom. The molecule has 2 heterocycles. The summed E-state index contributed by atoms with van der Waals surface area (Å²) >= 11 is 7.46. The molecular formula is C16H15ClN4O2S. The summed E-state index contributed by atoms with van der Waals surface area (Å²) in [6.07, 6.45) is 0.783. The average molecular weight is 363 g/mol. The van der Waals surface area contributed by atoms with Crippen LogP contribution in [0.1, 0.15) is 17.4 Å². The van der Waals surface area contributed by atoms with E-state index in [0.29, 0.717) is 29.7 Å².